The highest BCUT2D eigenvalue weighted by atomic mass is 16.6. The summed E-state index contributed by atoms with van der Waals surface area (Å²) < 4.78 is 5.34. The first kappa shape index (κ1) is 32.9. The van der Waals surface area contributed by atoms with Crippen molar-refractivity contribution < 1.29 is 19.1 Å². The van der Waals surface area contributed by atoms with Gasteiger partial charge in [-0.05, 0) is 82.7 Å². The second kappa shape index (κ2) is 15.4. The van der Waals surface area contributed by atoms with Gasteiger partial charge >= 0.3 is 6.09 Å². The van der Waals surface area contributed by atoms with Gasteiger partial charge in [0.2, 0.25) is 5.91 Å². The van der Waals surface area contributed by atoms with Crippen molar-refractivity contribution in [3.63, 3.8) is 0 Å². The monoisotopic (exact) mass is 551 g/mol. The Labute approximate surface area is 241 Å². The van der Waals surface area contributed by atoms with Crippen LogP contribution in [0, 0.1) is 27.7 Å². The lowest BCUT2D eigenvalue weighted by atomic mass is 9.93. The number of anilines is 1. The quantitative estimate of drug-likeness (QED) is 0.255. The number of carbonyl (C=O) groups is 3. The van der Waals surface area contributed by atoms with Crippen LogP contribution < -0.4 is 10.6 Å². The van der Waals surface area contributed by atoms with Crippen molar-refractivity contribution in [2.45, 2.75) is 106 Å². The van der Waals surface area contributed by atoms with E-state index in [1.54, 1.807) is 25.7 Å². The van der Waals surface area contributed by atoms with E-state index in [0.717, 1.165) is 65.6 Å². The molecular weight excluding hydrogens is 502 g/mol. The van der Waals surface area contributed by atoms with Crippen LogP contribution in [0.25, 0.3) is 0 Å². The zero-order valence-electron chi connectivity index (χ0n) is 25.8. The molecule has 7 nitrogen and oxygen atoms in total. The van der Waals surface area contributed by atoms with Crippen LogP contribution in [0.3, 0.4) is 0 Å². The number of alkyl carbamates (subject to hydrolysis) is 1. The fraction of sp³-hybridized carbons (Fsp3) is 0.545. The van der Waals surface area contributed by atoms with E-state index in [2.05, 4.69) is 17.6 Å². The highest BCUT2D eigenvalue weighted by Gasteiger charge is 2.34. The molecule has 0 saturated heterocycles. The second-order valence-electron chi connectivity index (χ2n) is 11.7. The zero-order valence-corrected chi connectivity index (χ0v) is 25.8. The van der Waals surface area contributed by atoms with Crippen LogP contribution in [-0.2, 0) is 14.3 Å². The maximum Gasteiger partial charge on any atom is 0.408 e. The summed E-state index contributed by atoms with van der Waals surface area (Å²) in [6.45, 7) is 15.5. The summed E-state index contributed by atoms with van der Waals surface area (Å²) in [4.78, 5) is 41.9. The molecule has 2 aromatic carbocycles. The smallest absolute Gasteiger partial charge is 0.408 e. The minimum atomic E-state index is -0.858. The molecule has 40 heavy (non-hydrogen) atoms. The van der Waals surface area contributed by atoms with Crippen molar-refractivity contribution in [3.8, 4) is 0 Å². The largest absolute Gasteiger partial charge is 0.444 e. The van der Waals surface area contributed by atoms with Crippen molar-refractivity contribution in [2.24, 2.45) is 0 Å². The van der Waals surface area contributed by atoms with E-state index < -0.39 is 17.7 Å². The van der Waals surface area contributed by atoms with Crippen molar-refractivity contribution in [2.75, 3.05) is 18.4 Å². The van der Waals surface area contributed by atoms with Crippen LogP contribution in [0.4, 0.5) is 10.5 Å². The van der Waals surface area contributed by atoms with Crippen LogP contribution in [0.1, 0.15) is 100 Å². The van der Waals surface area contributed by atoms with Crippen molar-refractivity contribution >= 4 is 23.6 Å². The number of carbonyl (C=O) groups excluding carboxylic acids is 3. The summed E-state index contributed by atoms with van der Waals surface area (Å²) in [6.07, 6.45) is 5.64. The Morgan fingerprint density at radius 3 is 1.90 bits per heavy atom. The number of hydrogen-bond donors (Lipinski definition) is 2. The number of unbranched alkanes of at least 4 members (excludes halogenated alkanes) is 5. The van der Waals surface area contributed by atoms with Crippen LogP contribution in [0.5, 0.6) is 0 Å². The third-order valence-corrected chi connectivity index (χ3v) is 6.96. The van der Waals surface area contributed by atoms with Gasteiger partial charge in [-0.1, -0.05) is 75.4 Å². The molecule has 0 bridgehead atoms. The van der Waals surface area contributed by atoms with Crippen LogP contribution >= 0.6 is 0 Å². The number of nitrogens with zero attached hydrogens (tertiary/aromatic N) is 1. The first-order valence-corrected chi connectivity index (χ1v) is 14.5. The molecule has 1 unspecified atom stereocenters. The van der Waals surface area contributed by atoms with E-state index in [1.165, 1.54) is 6.42 Å². The number of ether oxygens (including phenoxy) is 1. The maximum atomic E-state index is 14.2. The number of aryl methyl sites for hydroxylation is 4. The van der Waals surface area contributed by atoms with Gasteiger partial charge in [0.25, 0.3) is 5.91 Å². The molecule has 2 aromatic rings. The Kier molecular flexibility index (Phi) is 12.7. The molecule has 2 N–H and O–H groups in total. The summed E-state index contributed by atoms with van der Waals surface area (Å²) in [7, 11) is 0. The van der Waals surface area contributed by atoms with Crippen LogP contribution in [-0.4, -0.2) is 41.5 Å². The third-order valence-electron chi connectivity index (χ3n) is 6.96. The number of para-hydroxylation sites is 1. The lowest BCUT2D eigenvalue weighted by Gasteiger charge is -2.34. The molecule has 0 spiro atoms. The number of benzene rings is 2. The molecule has 7 heteroatoms. The lowest BCUT2D eigenvalue weighted by Crippen LogP contribution is -2.47. The molecule has 3 amide bonds. The molecule has 0 aliphatic carbocycles. The third kappa shape index (κ3) is 10.00. The molecule has 0 aliphatic rings. The van der Waals surface area contributed by atoms with Gasteiger partial charge in [-0.3, -0.25) is 9.59 Å². The zero-order chi connectivity index (χ0) is 29.9. The summed E-state index contributed by atoms with van der Waals surface area (Å²) >= 11 is 0. The summed E-state index contributed by atoms with van der Waals surface area (Å²) in [6, 6.07) is 10.9. The average molecular weight is 552 g/mol. The van der Waals surface area contributed by atoms with E-state index in [9.17, 15) is 14.4 Å². The van der Waals surface area contributed by atoms with Crippen molar-refractivity contribution in [3.05, 3.63) is 64.2 Å². The minimum absolute atomic E-state index is 0.261. The highest BCUT2D eigenvalue weighted by molar-refractivity contribution is 5.99. The van der Waals surface area contributed by atoms with E-state index in [4.69, 9.17) is 4.74 Å². The standard InChI is InChI=1S/C33H49N3O4/c1-9-10-11-12-13-14-21-36(27(37)22-34-32(39)40-33(6,7)8)30(28-23(2)17-15-18-24(28)3)31(38)35-29-25(4)19-16-20-26(29)5/h15-20,30H,9-14,21-22H2,1-8H3,(H,34,39)(H,35,38). The second-order valence-corrected chi connectivity index (χ2v) is 11.7. The molecule has 0 radical (unpaired) electrons. The van der Waals surface area contributed by atoms with Gasteiger partial charge in [0.05, 0.1) is 0 Å². The fourth-order valence-corrected chi connectivity index (χ4v) is 4.91. The number of hydrogen-bond acceptors (Lipinski definition) is 4. The van der Waals surface area contributed by atoms with Gasteiger partial charge < -0.3 is 20.3 Å². The van der Waals surface area contributed by atoms with E-state index in [1.807, 2.05) is 64.1 Å². The molecular formula is C33H49N3O4. The van der Waals surface area contributed by atoms with Crippen molar-refractivity contribution in [1.29, 1.82) is 0 Å². The molecule has 220 valence electrons. The predicted octanol–water partition coefficient (Wildman–Crippen LogP) is 7.31. The van der Waals surface area contributed by atoms with Crippen LogP contribution in [0.2, 0.25) is 0 Å². The number of rotatable bonds is 13. The molecule has 0 aromatic heterocycles. The van der Waals surface area contributed by atoms with Gasteiger partial charge in [-0.15, -0.1) is 0 Å². The Morgan fingerprint density at radius 2 is 1.35 bits per heavy atom. The minimum Gasteiger partial charge on any atom is -0.444 e. The van der Waals surface area contributed by atoms with Crippen molar-refractivity contribution in [1.82, 2.24) is 10.2 Å². The highest BCUT2D eigenvalue weighted by Crippen LogP contribution is 2.31. The summed E-state index contributed by atoms with van der Waals surface area (Å²) in [5.41, 5.74) is 4.65. The Hall–Kier alpha value is -3.35. The SMILES string of the molecule is CCCCCCCCN(C(=O)CNC(=O)OC(C)(C)C)C(C(=O)Nc1c(C)cccc1C)c1c(C)cccc1C. The fourth-order valence-electron chi connectivity index (χ4n) is 4.91. The lowest BCUT2D eigenvalue weighted by molar-refractivity contribution is -0.138. The van der Waals surface area contributed by atoms with Gasteiger partial charge in [-0.25, -0.2) is 4.79 Å². The first-order chi connectivity index (χ1) is 18.9. The summed E-state index contributed by atoms with van der Waals surface area (Å²) in [5, 5.41) is 5.73. The van der Waals surface area contributed by atoms with E-state index in [-0.39, 0.29) is 18.4 Å². The maximum absolute atomic E-state index is 14.2. The number of amides is 3. The number of nitrogens with one attached hydrogen (secondary N) is 2. The molecule has 2 rings (SSSR count). The van der Waals surface area contributed by atoms with Gasteiger partial charge in [0, 0.05) is 12.2 Å². The molecule has 0 heterocycles. The topological polar surface area (TPSA) is 87.7 Å². The Balaban J connectivity index is 2.45. The normalized spacial score (nSPS) is 12.0. The molecule has 0 fully saturated rings. The van der Waals surface area contributed by atoms with Gasteiger partial charge in [0.1, 0.15) is 18.2 Å². The average Bonchev–Trinajstić information content (AvgIpc) is 2.86. The first-order valence-electron chi connectivity index (χ1n) is 14.5. The van der Waals surface area contributed by atoms with Gasteiger partial charge in [0.15, 0.2) is 0 Å². The van der Waals surface area contributed by atoms with Crippen LogP contribution in [0.15, 0.2) is 36.4 Å². The molecule has 0 aliphatic heterocycles. The Morgan fingerprint density at radius 1 is 0.825 bits per heavy atom. The summed E-state index contributed by atoms with van der Waals surface area (Å²) in [5.74, 6) is -0.602. The van der Waals surface area contributed by atoms with E-state index in [0.29, 0.717) is 6.54 Å². The molecule has 0 saturated carbocycles. The Bertz CT molecular complexity index is 1110. The molecule has 1 atom stereocenters. The van der Waals surface area contributed by atoms with Gasteiger partial charge in [-0.2, -0.15) is 0 Å². The van der Waals surface area contributed by atoms with E-state index >= 15 is 0 Å². The predicted molar refractivity (Wildman–Crippen MR) is 163 cm³/mol.